The van der Waals surface area contributed by atoms with Crippen molar-refractivity contribution in [3.8, 4) is 0 Å². The molecule has 26 heavy (non-hydrogen) atoms. The molecule has 2 amide bonds. The van der Waals surface area contributed by atoms with Crippen LogP contribution in [0.3, 0.4) is 0 Å². The molecule has 130 valence electrons. The molecule has 0 unspecified atom stereocenters. The number of nitrogens with zero attached hydrogens (tertiary/aromatic N) is 1. The van der Waals surface area contributed by atoms with Crippen LogP contribution in [0.15, 0.2) is 76.4 Å². The number of anilines is 1. The minimum Gasteiger partial charge on any atom is -0.459 e. The van der Waals surface area contributed by atoms with Gasteiger partial charge in [0.15, 0.2) is 5.76 Å². The average Bonchev–Trinajstić information content (AvgIpc) is 3.18. The van der Waals surface area contributed by atoms with Crippen LogP contribution in [0.5, 0.6) is 0 Å². The van der Waals surface area contributed by atoms with Gasteiger partial charge in [-0.05, 0) is 42.0 Å². The molecule has 0 fully saturated rings. The minimum atomic E-state index is -0.501. The lowest BCUT2D eigenvalue weighted by molar-refractivity contribution is 0.0956. The molecule has 7 heteroatoms. The Labute approximate surface area is 148 Å². The lowest BCUT2D eigenvalue weighted by Gasteiger charge is -2.08. The van der Waals surface area contributed by atoms with Crippen LogP contribution in [-0.4, -0.2) is 18.0 Å². The van der Waals surface area contributed by atoms with Crippen molar-refractivity contribution < 1.29 is 18.4 Å². The molecule has 0 bridgehead atoms. The van der Waals surface area contributed by atoms with Crippen LogP contribution in [-0.2, 0) is 0 Å². The number of hydrogen-bond donors (Lipinski definition) is 2. The molecular formula is C19H14FN3O3. The van der Waals surface area contributed by atoms with Gasteiger partial charge in [0.05, 0.1) is 23.7 Å². The molecule has 0 aliphatic heterocycles. The first-order valence-electron chi connectivity index (χ1n) is 7.66. The van der Waals surface area contributed by atoms with Gasteiger partial charge in [0.25, 0.3) is 11.8 Å². The van der Waals surface area contributed by atoms with E-state index in [-0.39, 0.29) is 17.1 Å². The van der Waals surface area contributed by atoms with Crippen molar-refractivity contribution in [1.82, 2.24) is 5.43 Å². The second kappa shape index (κ2) is 7.89. The Bertz CT molecular complexity index is 935. The summed E-state index contributed by atoms with van der Waals surface area (Å²) in [6.45, 7) is 0. The second-order valence-corrected chi connectivity index (χ2v) is 5.23. The summed E-state index contributed by atoms with van der Waals surface area (Å²) in [5.41, 5.74) is 3.57. The van der Waals surface area contributed by atoms with Crippen LogP contribution in [0, 0.1) is 5.82 Å². The van der Waals surface area contributed by atoms with E-state index in [0.29, 0.717) is 11.3 Å². The SMILES string of the molecule is O=C(Nc1ccccc1C(=O)N/N=C\c1ccc(F)cc1)c1ccco1. The van der Waals surface area contributed by atoms with Gasteiger partial charge in [-0.2, -0.15) is 5.10 Å². The largest absolute Gasteiger partial charge is 0.459 e. The highest BCUT2D eigenvalue weighted by Crippen LogP contribution is 2.16. The molecule has 3 rings (SSSR count). The van der Waals surface area contributed by atoms with Gasteiger partial charge < -0.3 is 9.73 Å². The van der Waals surface area contributed by atoms with E-state index in [1.165, 1.54) is 42.8 Å². The molecule has 0 saturated carbocycles. The van der Waals surface area contributed by atoms with Gasteiger partial charge in [-0.15, -0.1) is 0 Å². The van der Waals surface area contributed by atoms with Crippen molar-refractivity contribution in [3.05, 3.63) is 89.6 Å². The Morgan fingerprint density at radius 1 is 0.962 bits per heavy atom. The number of carbonyl (C=O) groups excluding carboxylic acids is 2. The summed E-state index contributed by atoms with van der Waals surface area (Å²) in [6.07, 6.45) is 2.78. The van der Waals surface area contributed by atoms with Crippen molar-refractivity contribution >= 4 is 23.7 Å². The molecule has 0 aliphatic carbocycles. The molecule has 0 aliphatic rings. The lowest BCUT2D eigenvalue weighted by Crippen LogP contribution is -2.21. The van der Waals surface area contributed by atoms with Crippen molar-refractivity contribution in [1.29, 1.82) is 0 Å². The van der Waals surface area contributed by atoms with Crippen molar-refractivity contribution in [2.45, 2.75) is 0 Å². The Balaban J connectivity index is 1.69. The fourth-order valence-corrected chi connectivity index (χ4v) is 2.16. The van der Waals surface area contributed by atoms with E-state index in [2.05, 4.69) is 15.8 Å². The van der Waals surface area contributed by atoms with Gasteiger partial charge in [0.2, 0.25) is 0 Å². The first kappa shape index (κ1) is 17.1. The highest BCUT2D eigenvalue weighted by atomic mass is 19.1. The first-order valence-corrected chi connectivity index (χ1v) is 7.66. The van der Waals surface area contributed by atoms with Crippen LogP contribution in [0.2, 0.25) is 0 Å². The Morgan fingerprint density at radius 2 is 1.73 bits per heavy atom. The number of rotatable bonds is 5. The topological polar surface area (TPSA) is 83.7 Å². The molecule has 1 heterocycles. The average molecular weight is 351 g/mol. The fourth-order valence-electron chi connectivity index (χ4n) is 2.16. The lowest BCUT2D eigenvalue weighted by atomic mass is 10.1. The smallest absolute Gasteiger partial charge is 0.291 e. The molecule has 0 radical (unpaired) electrons. The summed E-state index contributed by atoms with van der Waals surface area (Å²) in [6, 6.07) is 15.3. The third-order valence-electron chi connectivity index (χ3n) is 3.41. The number of amides is 2. The van der Waals surface area contributed by atoms with Gasteiger partial charge in [0, 0.05) is 0 Å². The normalized spacial score (nSPS) is 10.7. The van der Waals surface area contributed by atoms with Crippen LogP contribution in [0.4, 0.5) is 10.1 Å². The zero-order chi connectivity index (χ0) is 18.4. The monoisotopic (exact) mass is 351 g/mol. The molecule has 6 nitrogen and oxygen atoms in total. The molecule has 2 N–H and O–H groups in total. The Kier molecular flexibility index (Phi) is 5.19. The number of carbonyl (C=O) groups is 2. The molecular weight excluding hydrogens is 337 g/mol. The third kappa shape index (κ3) is 4.21. The third-order valence-corrected chi connectivity index (χ3v) is 3.41. The summed E-state index contributed by atoms with van der Waals surface area (Å²) in [5.74, 6) is -1.19. The first-order chi connectivity index (χ1) is 12.6. The summed E-state index contributed by atoms with van der Waals surface area (Å²) in [7, 11) is 0. The van der Waals surface area contributed by atoms with Crippen LogP contribution < -0.4 is 10.7 Å². The van der Waals surface area contributed by atoms with Crippen LogP contribution >= 0.6 is 0 Å². The molecule has 0 saturated heterocycles. The van der Waals surface area contributed by atoms with Crippen molar-refractivity contribution in [2.75, 3.05) is 5.32 Å². The zero-order valence-electron chi connectivity index (χ0n) is 13.5. The van der Waals surface area contributed by atoms with Gasteiger partial charge in [0.1, 0.15) is 5.82 Å². The van der Waals surface area contributed by atoms with E-state index in [1.807, 2.05) is 0 Å². The van der Waals surface area contributed by atoms with Gasteiger partial charge in [-0.25, -0.2) is 9.82 Å². The van der Waals surface area contributed by atoms with Crippen LogP contribution in [0.25, 0.3) is 0 Å². The van der Waals surface area contributed by atoms with Gasteiger partial charge in [-0.1, -0.05) is 24.3 Å². The van der Waals surface area contributed by atoms with E-state index >= 15 is 0 Å². The quantitative estimate of drug-likeness (QED) is 0.546. The summed E-state index contributed by atoms with van der Waals surface area (Å²) >= 11 is 0. The molecule has 1 aromatic heterocycles. The summed E-state index contributed by atoms with van der Waals surface area (Å²) < 4.78 is 17.9. The van der Waals surface area contributed by atoms with Crippen molar-refractivity contribution in [3.63, 3.8) is 0 Å². The van der Waals surface area contributed by atoms with E-state index in [0.717, 1.165) is 0 Å². The molecule has 0 atom stereocenters. The number of hydrogen-bond acceptors (Lipinski definition) is 4. The maximum Gasteiger partial charge on any atom is 0.291 e. The Morgan fingerprint density at radius 3 is 2.46 bits per heavy atom. The number of halogens is 1. The Hall–Kier alpha value is -3.74. The van der Waals surface area contributed by atoms with Crippen LogP contribution in [0.1, 0.15) is 26.5 Å². The zero-order valence-corrected chi connectivity index (χ0v) is 13.5. The number of benzene rings is 2. The minimum absolute atomic E-state index is 0.134. The maximum atomic E-state index is 12.9. The highest BCUT2D eigenvalue weighted by Gasteiger charge is 2.14. The highest BCUT2D eigenvalue weighted by molar-refractivity contribution is 6.07. The number of hydrazone groups is 1. The van der Waals surface area contributed by atoms with Gasteiger partial charge in [-0.3, -0.25) is 9.59 Å². The van der Waals surface area contributed by atoms with Crippen molar-refractivity contribution in [2.24, 2.45) is 5.10 Å². The maximum absolute atomic E-state index is 12.9. The predicted octanol–water partition coefficient (Wildman–Crippen LogP) is 3.43. The van der Waals surface area contributed by atoms with E-state index in [4.69, 9.17) is 4.42 Å². The number of furan rings is 1. The summed E-state index contributed by atoms with van der Waals surface area (Å²) in [4.78, 5) is 24.4. The molecule has 3 aromatic rings. The number of para-hydroxylation sites is 1. The molecule has 2 aromatic carbocycles. The summed E-state index contributed by atoms with van der Waals surface area (Å²) in [5, 5.41) is 6.46. The molecule has 0 spiro atoms. The second-order valence-electron chi connectivity index (χ2n) is 5.23. The van der Waals surface area contributed by atoms with E-state index < -0.39 is 11.8 Å². The predicted molar refractivity (Wildman–Crippen MR) is 94.6 cm³/mol. The standard InChI is InChI=1S/C19H14FN3O3/c20-14-9-7-13(8-10-14)12-21-23-18(24)15-4-1-2-5-16(15)22-19(25)17-6-3-11-26-17/h1-12H,(H,22,25)(H,23,24)/b21-12-. The van der Waals surface area contributed by atoms with E-state index in [1.54, 1.807) is 30.3 Å². The number of nitrogens with one attached hydrogen (secondary N) is 2. The fraction of sp³-hybridized carbons (Fsp3) is 0. The van der Waals surface area contributed by atoms with Gasteiger partial charge >= 0.3 is 0 Å². The van der Waals surface area contributed by atoms with E-state index in [9.17, 15) is 14.0 Å².